The molecule has 2 atom stereocenters. The van der Waals surface area contributed by atoms with Crippen LogP contribution < -0.4 is 5.73 Å². The molecule has 0 saturated carbocycles. The summed E-state index contributed by atoms with van der Waals surface area (Å²) < 4.78 is 7.45. The van der Waals surface area contributed by atoms with E-state index in [4.69, 9.17) is 10.5 Å². The van der Waals surface area contributed by atoms with Crippen LogP contribution in [0, 0.1) is 0 Å². The third-order valence-corrected chi connectivity index (χ3v) is 3.05. The Morgan fingerprint density at radius 2 is 2.00 bits per heavy atom. The van der Waals surface area contributed by atoms with Crippen molar-refractivity contribution in [1.82, 2.24) is 9.78 Å². The Balaban J connectivity index is 2.16. The Kier molecular flexibility index (Phi) is 2.69. The van der Waals surface area contributed by atoms with E-state index in [1.165, 1.54) is 0 Å². The Labute approximate surface area is 90.4 Å². The van der Waals surface area contributed by atoms with Crippen molar-refractivity contribution < 1.29 is 4.74 Å². The lowest BCUT2D eigenvalue weighted by atomic mass is 9.90. The fourth-order valence-corrected chi connectivity index (χ4v) is 2.35. The molecule has 1 saturated heterocycles. The number of anilines is 1. The number of hydrogen-bond donors (Lipinski definition) is 1. The van der Waals surface area contributed by atoms with Gasteiger partial charge in [0.2, 0.25) is 0 Å². The molecule has 2 heterocycles. The van der Waals surface area contributed by atoms with E-state index in [0.29, 0.717) is 18.1 Å². The maximum Gasteiger partial charge on any atom is 0.121 e. The van der Waals surface area contributed by atoms with Gasteiger partial charge in [0.25, 0.3) is 0 Å². The first kappa shape index (κ1) is 10.5. The van der Waals surface area contributed by atoms with Crippen LogP contribution in [0.15, 0.2) is 6.07 Å². The van der Waals surface area contributed by atoms with Crippen LogP contribution in [0.5, 0.6) is 0 Å². The number of nitrogens with zero attached hydrogens (tertiary/aromatic N) is 2. The molecule has 2 unspecified atom stereocenters. The highest BCUT2D eigenvalue weighted by Crippen LogP contribution is 2.32. The zero-order chi connectivity index (χ0) is 11.0. The molecule has 1 aliphatic heterocycles. The predicted octanol–water partition coefficient (Wildman–Crippen LogP) is 1.67. The van der Waals surface area contributed by atoms with Gasteiger partial charge in [-0.25, -0.2) is 0 Å². The lowest BCUT2D eigenvalue weighted by molar-refractivity contribution is -0.0385. The van der Waals surface area contributed by atoms with Gasteiger partial charge < -0.3 is 10.5 Å². The smallest absolute Gasteiger partial charge is 0.121 e. The number of nitrogen functional groups attached to an aromatic ring is 1. The molecule has 4 heteroatoms. The van der Waals surface area contributed by atoms with E-state index in [1.807, 2.05) is 13.1 Å². The van der Waals surface area contributed by atoms with Gasteiger partial charge in [-0.3, -0.25) is 4.68 Å². The molecule has 1 aromatic rings. The van der Waals surface area contributed by atoms with Crippen molar-refractivity contribution in [1.29, 1.82) is 0 Å². The fraction of sp³-hybridized carbons (Fsp3) is 0.727. The van der Waals surface area contributed by atoms with Crippen LogP contribution in [-0.4, -0.2) is 22.0 Å². The molecule has 84 valence electrons. The molecule has 0 bridgehead atoms. The third-order valence-electron chi connectivity index (χ3n) is 3.05. The minimum atomic E-state index is 0.321. The van der Waals surface area contributed by atoms with Crippen molar-refractivity contribution in [3.63, 3.8) is 0 Å². The minimum absolute atomic E-state index is 0.321. The van der Waals surface area contributed by atoms with Crippen LogP contribution in [0.2, 0.25) is 0 Å². The lowest BCUT2D eigenvalue weighted by Crippen LogP contribution is -2.28. The van der Waals surface area contributed by atoms with Crippen molar-refractivity contribution >= 4 is 5.82 Å². The summed E-state index contributed by atoms with van der Waals surface area (Å²) in [6, 6.07) is 1.98. The Morgan fingerprint density at radius 1 is 1.40 bits per heavy atom. The van der Waals surface area contributed by atoms with E-state index in [0.717, 1.165) is 24.4 Å². The first-order valence-electron chi connectivity index (χ1n) is 5.51. The topological polar surface area (TPSA) is 53.1 Å². The first-order valence-corrected chi connectivity index (χ1v) is 5.51. The van der Waals surface area contributed by atoms with Crippen LogP contribution >= 0.6 is 0 Å². The van der Waals surface area contributed by atoms with E-state index in [9.17, 15) is 0 Å². The minimum Gasteiger partial charge on any atom is -0.384 e. The molecule has 4 nitrogen and oxygen atoms in total. The van der Waals surface area contributed by atoms with Crippen LogP contribution in [-0.2, 0) is 11.8 Å². The van der Waals surface area contributed by atoms with Gasteiger partial charge in [0, 0.05) is 19.0 Å². The van der Waals surface area contributed by atoms with Gasteiger partial charge in [0.05, 0.1) is 17.9 Å². The molecule has 2 N–H and O–H groups in total. The van der Waals surface area contributed by atoms with Crippen LogP contribution in [0.1, 0.15) is 38.3 Å². The second-order valence-electron chi connectivity index (χ2n) is 4.54. The van der Waals surface area contributed by atoms with Crippen molar-refractivity contribution in [3.8, 4) is 0 Å². The number of aryl methyl sites for hydroxylation is 1. The van der Waals surface area contributed by atoms with E-state index in [-0.39, 0.29) is 0 Å². The monoisotopic (exact) mass is 209 g/mol. The molecule has 2 rings (SSSR count). The fourth-order valence-electron chi connectivity index (χ4n) is 2.35. The van der Waals surface area contributed by atoms with Gasteiger partial charge in [-0.15, -0.1) is 0 Å². The molecule has 15 heavy (non-hydrogen) atoms. The van der Waals surface area contributed by atoms with E-state index in [1.54, 1.807) is 4.68 Å². The zero-order valence-corrected chi connectivity index (χ0v) is 9.60. The molecule has 0 aliphatic carbocycles. The Hall–Kier alpha value is -1.03. The van der Waals surface area contributed by atoms with Crippen LogP contribution in [0.4, 0.5) is 5.82 Å². The van der Waals surface area contributed by atoms with Crippen molar-refractivity contribution in [3.05, 3.63) is 11.8 Å². The second-order valence-corrected chi connectivity index (χ2v) is 4.54. The number of ether oxygens (including phenoxy) is 1. The largest absolute Gasteiger partial charge is 0.384 e. The maximum atomic E-state index is 5.79. The normalized spacial score (nSPS) is 31.8. The summed E-state index contributed by atoms with van der Waals surface area (Å²) in [6.45, 7) is 4.24. The van der Waals surface area contributed by atoms with Crippen LogP contribution in [0.25, 0.3) is 0 Å². The zero-order valence-electron chi connectivity index (χ0n) is 9.60. The summed E-state index contributed by atoms with van der Waals surface area (Å²) in [4.78, 5) is 0. The standard InChI is InChI=1S/C11H19N3O/c1-7-4-9(5-8(2)15-7)10-6-11(12)14(3)13-10/h6-9H,4-5,12H2,1-3H3. The van der Waals surface area contributed by atoms with Gasteiger partial charge in [-0.2, -0.15) is 5.10 Å². The number of hydrogen-bond acceptors (Lipinski definition) is 3. The molecule has 0 aromatic carbocycles. The molecular weight excluding hydrogens is 190 g/mol. The van der Waals surface area contributed by atoms with E-state index in [2.05, 4.69) is 18.9 Å². The summed E-state index contributed by atoms with van der Waals surface area (Å²) in [5.41, 5.74) is 6.89. The summed E-state index contributed by atoms with van der Waals surface area (Å²) in [7, 11) is 1.88. The van der Waals surface area contributed by atoms with E-state index >= 15 is 0 Å². The van der Waals surface area contributed by atoms with Crippen LogP contribution in [0.3, 0.4) is 0 Å². The summed E-state index contributed by atoms with van der Waals surface area (Å²) in [5, 5.41) is 4.44. The summed E-state index contributed by atoms with van der Waals surface area (Å²) >= 11 is 0. The average molecular weight is 209 g/mol. The van der Waals surface area contributed by atoms with E-state index < -0.39 is 0 Å². The summed E-state index contributed by atoms with van der Waals surface area (Å²) in [5.74, 6) is 1.23. The molecule has 1 aromatic heterocycles. The molecule has 0 amide bonds. The highest BCUT2D eigenvalue weighted by Gasteiger charge is 2.27. The van der Waals surface area contributed by atoms with Crippen molar-refractivity contribution in [2.75, 3.05) is 5.73 Å². The highest BCUT2D eigenvalue weighted by atomic mass is 16.5. The number of rotatable bonds is 1. The molecule has 0 radical (unpaired) electrons. The Morgan fingerprint density at radius 3 is 2.47 bits per heavy atom. The van der Waals surface area contributed by atoms with Gasteiger partial charge in [0.1, 0.15) is 5.82 Å². The molecular formula is C11H19N3O. The second kappa shape index (κ2) is 3.85. The SMILES string of the molecule is CC1CC(c2cc(N)n(C)n2)CC(C)O1. The van der Waals surface area contributed by atoms with Gasteiger partial charge >= 0.3 is 0 Å². The molecule has 1 aliphatic rings. The van der Waals surface area contributed by atoms with Crippen molar-refractivity contribution in [2.45, 2.75) is 44.8 Å². The lowest BCUT2D eigenvalue weighted by Gasteiger charge is -2.31. The van der Waals surface area contributed by atoms with Gasteiger partial charge in [-0.1, -0.05) is 0 Å². The predicted molar refractivity (Wildman–Crippen MR) is 59.6 cm³/mol. The third kappa shape index (κ3) is 2.15. The Bertz CT molecular complexity index is 318. The van der Waals surface area contributed by atoms with Crippen molar-refractivity contribution in [2.24, 2.45) is 7.05 Å². The molecule has 0 spiro atoms. The van der Waals surface area contributed by atoms with Gasteiger partial charge in [0.15, 0.2) is 0 Å². The van der Waals surface area contributed by atoms with Gasteiger partial charge in [-0.05, 0) is 26.7 Å². The number of aromatic nitrogens is 2. The first-order chi connectivity index (χ1) is 7.06. The maximum absolute atomic E-state index is 5.79. The highest BCUT2D eigenvalue weighted by molar-refractivity contribution is 5.32. The summed E-state index contributed by atoms with van der Waals surface area (Å²) in [6.07, 6.45) is 2.73. The average Bonchev–Trinajstić information content (AvgIpc) is 2.45. The number of nitrogens with two attached hydrogens (primary N) is 1. The molecule has 1 fully saturated rings. The quantitative estimate of drug-likeness (QED) is 0.765.